The van der Waals surface area contributed by atoms with Crippen molar-refractivity contribution in [1.82, 2.24) is 4.98 Å². The molecule has 2 nitrogen and oxygen atoms in total. The molecular weight excluding hydrogens is 398 g/mol. The maximum absolute atomic E-state index is 6.43. The van der Waals surface area contributed by atoms with E-state index in [1.165, 1.54) is 42.2 Å². The molecule has 3 heterocycles. The Morgan fingerprint density at radius 2 is 1.77 bits per heavy atom. The lowest BCUT2D eigenvalue weighted by Crippen LogP contribution is -2.09. The van der Waals surface area contributed by atoms with Crippen molar-refractivity contribution in [2.75, 3.05) is 0 Å². The summed E-state index contributed by atoms with van der Waals surface area (Å²) in [6.45, 7) is 13.5. The van der Waals surface area contributed by atoms with E-state index in [1.807, 2.05) is 17.5 Å². The quantitative estimate of drug-likeness (QED) is 0.287. The second-order valence-corrected chi connectivity index (χ2v) is 11.1. The van der Waals surface area contributed by atoms with E-state index < -0.39 is 0 Å². The van der Waals surface area contributed by atoms with Crippen LogP contribution in [0.15, 0.2) is 53.1 Å². The molecular formula is C28H29NOS. The first-order valence-corrected chi connectivity index (χ1v) is 11.9. The molecule has 3 heteroatoms. The molecule has 0 aliphatic heterocycles. The number of aryl methyl sites for hydroxylation is 1. The van der Waals surface area contributed by atoms with Gasteiger partial charge in [-0.2, -0.15) is 0 Å². The molecule has 0 aliphatic rings. The van der Waals surface area contributed by atoms with Crippen molar-refractivity contribution in [2.24, 2.45) is 5.41 Å². The first-order valence-electron chi connectivity index (χ1n) is 11.1. The Hall–Kier alpha value is -2.65. The third-order valence-corrected chi connectivity index (χ3v) is 7.34. The van der Waals surface area contributed by atoms with Crippen LogP contribution < -0.4 is 0 Å². The molecule has 0 N–H and O–H groups in total. The minimum atomic E-state index is 0.200. The molecule has 31 heavy (non-hydrogen) atoms. The van der Waals surface area contributed by atoms with Gasteiger partial charge in [-0.1, -0.05) is 58.9 Å². The zero-order valence-corrected chi connectivity index (χ0v) is 20.0. The number of aromatic nitrogens is 1. The highest BCUT2D eigenvalue weighted by atomic mass is 32.1. The molecule has 3 aromatic heterocycles. The highest BCUT2D eigenvalue weighted by Gasteiger charge is 2.22. The van der Waals surface area contributed by atoms with Crippen LogP contribution in [0.1, 0.15) is 57.4 Å². The number of fused-ring (bicyclic) bond motifs is 4. The first-order chi connectivity index (χ1) is 14.7. The van der Waals surface area contributed by atoms with Gasteiger partial charge in [0.25, 0.3) is 0 Å². The minimum Gasteiger partial charge on any atom is -0.459 e. The van der Waals surface area contributed by atoms with Gasteiger partial charge in [0, 0.05) is 29.1 Å². The van der Waals surface area contributed by atoms with Gasteiger partial charge in [0.15, 0.2) is 5.58 Å². The zero-order chi connectivity index (χ0) is 21.9. The lowest BCUT2D eigenvalue weighted by molar-refractivity contribution is 0.369. The Morgan fingerprint density at radius 1 is 1.00 bits per heavy atom. The van der Waals surface area contributed by atoms with E-state index in [-0.39, 0.29) is 5.41 Å². The summed E-state index contributed by atoms with van der Waals surface area (Å²) in [6.07, 6.45) is 2.87. The average Bonchev–Trinajstić information content (AvgIpc) is 3.22. The van der Waals surface area contributed by atoms with Crippen LogP contribution in [0.4, 0.5) is 0 Å². The Labute approximate surface area is 187 Å². The molecule has 0 radical (unpaired) electrons. The van der Waals surface area contributed by atoms with E-state index in [0.29, 0.717) is 5.92 Å². The number of nitrogens with zero attached hydrogens (tertiary/aromatic N) is 1. The van der Waals surface area contributed by atoms with E-state index in [2.05, 4.69) is 84.0 Å². The number of hydrogen-bond acceptors (Lipinski definition) is 3. The standard InChI is InChI=1S/C28H29NOS/c1-16(2)22-14-19(13-18-9-7-8-10-20(18)22)24-27-21(11-12-29-24)25-26(31-27)17(3)23(30-25)15-28(4,5)6/h7-14,16H,15H2,1-6H3. The van der Waals surface area contributed by atoms with E-state index in [0.717, 1.165) is 23.5 Å². The summed E-state index contributed by atoms with van der Waals surface area (Å²) in [4.78, 5) is 4.84. The van der Waals surface area contributed by atoms with Crippen LogP contribution in [0.5, 0.6) is 0 Å². The number of thiophene rings is 1. The molecule has 0 bridgehead atoms. The van der Waals surface area contributed by atoms with Gasteiger partial charge in [-0.15, -0.1) is 11.3 Å². The Kier molecular flexibility index (Phi) is 4.71. The molecule has 0 saturated heterocycles. The highest BCUT2D eigenvalue weighted by molar-refractivity contribution is 7.26. The van der Waals surface area contributed by atoms with Gasteiger partial charge in [-0.3, -0.25) is 4.98 Å². The number of rotatable bonds is 3. The number of pyridine rings is 1. The average molecular weight is 428 g/mol. The summed E-state index contributed by atoms with van der Waals surface area (Å²) < 4.78 is 8.91. The van der Waals surface area contributed by atoms with Gasteiger partial charge >= 0.3 is 0 Å². The number of furan rings is 1. The molecule has 0 amide bonds. The molecule has 0 saturated carbocycles. The van der Waals surface area contributed by atoms with E-state index >= 15 is 0 Å². The van der Waals surface area contributed by atoms with E-state index in [1.54, 1.807) is 0 Å². The van der Waals surface area contributed by atoms with Crippen molar-refractivity contribution in [1.29, 1.82) is 0 Å². The lowest BCUT2D eigenvalue weighted by atomic mass is 9.90. The van der Waals surface area contributed by atoms with Crippen molar-refractivity contribution in [2.45, 2.75) is 53.9 Å². The number of hydrogen-bond donors (Lipinski definition) is 0. The van der Waals surface area contributed by atoms with Crippen LogP contribution in [0, 0.1) is 12.3 Å². The van der Waals surface area contributed by atoms with E-state index in [4.69, 9.17) is 9.40 Å². The monoisotopic (exact) mass is 427 g/mol. The van der Waals surface area contributed by atoms with Crippen molar-refractivity contribution >= 4 is 42.5 Å². The first kappa shape index (κ1) is 20.3. The van der Waals surface area contributed by atoms with Crippen LogP contribution in [0.3, 0.4) is 0 Å². The van der Waals surface area contributed by atoms with Gasteiger partial charge < -0.3 is 4.42 Å². The minimum absolute atomic E-state index is 0.200. The van der Waals surface area contributed by atoms with Crippen molar-refractivity contribution in [3.8, 4) is 11.3 Å². The van der Waals surface area contributed by atoms with E-state index in [9.17, 15) is 0 Å². The third kappa shape index (κ3) is 3.45. The maximum Gasteiger partial charge on any atom is 0.153 e. The largest absolute Gasteiger partial charge is 0.459 e. The summed E-state index contributed by atoms with van der Waals surface area (Å²) in [5.74, 6) is 1.56. The fourth-order valence-electron chi connectivity index (χ4n) is 4.49. The van der Waals surface area contributed by atoms with Crippen molar-refractivity contribution in [3.63, 3.8) is 0 Å². The summed E-state index contributed by atoms with van der Waals surface area (Å²) in [7, 11) is 0. The zero-order valence-electron chi connectivity index (χ0n) is 19.2. The molecule has 0 unspecified atom stereocenters. The molecule has 2 aromatic carbocycles. The summed E-state index contributed by atoms with van der Waals surface area (Å²) in [5.41, 5.74) is 6.10. The van der Waals surface area contributed by atoms with Gasteiger partial charge in [0.2, 0.25) is 0 Å². The van der Waals surface area contributed by atoms with Crippen LogP contribution in [0.2, 0.25) is 0 Å². The van der Waals surface area contributed by atoms with Gasteiger partial charge in [0.05, 0.1) is 15.1 Å². The molecule has 5 rings (SSSR count). The molecule has 0 fully saturated rings. The molecule has 0 atom stereocenters. The van der Waals surface area contributed by atoms with Crippen LogP contribution in [-0.2, 0) is 6.42 Å². The third-order valence-electron chi connectivity index (χ3n) is 6.02. The Bertz CT molecular complexity index is 1430. The van der Waals surface area contributed by atoms with Gasteiger partial charge in [0.1, 0.15) is 5.76 Å². The van der Waals surface area contributed by atoms with Crippen molar-refractivity contribution < 1.29 is 4.42 Å². The molecule has 0 spiro atoms. The lowest BCUT2D eigenvalue weighted by Gasteiger charge is -2.16. The highest BCUT2D eigenvalue weighted by Crippen LogP contribution is 2.44. The van der Waals surface area contributed by atoms with Crippen LogP contribution >= 0.6 is 11.3 Å². The van der Waals surface area contributed by atoms with Crippen molar-refractivity contribution in [3.05, 3.63) is 65.5 Å². The van der Waals surface area contributed by atoms with Crippen LogP contribution in [0.25, 0.3) is 42.4 Å². The normalized spacial score (nSPS) is 12.6. The second kappa shape index (κ2) is 7.20. The Morgan fingerprint density at radius 3 is 2.52 bits per heavy atom. The van der Waals surface area contributed by atoms with Gasteiger partial charge in [-0.05, 0) is 52.8 Å². The summed E-state index contributed by atoms with van der Waals surface area (Å²) in [6, 6.07) is 15.4. The predicted octanol–water partition coefficient (Wildman–Crippen LogP) is 8.88. The summed E-state index contributed by atoms with van der Waals surface area (Å²) >= 11 is 1.82. The fourth-order valence-corrected chi connectivity index (χ4v) is 5.74. The Balaban J connectivity index is 1.74. The molecule has 158 valence electrons. The molecule has 0 aliphatic carbocycles. The smallest absolute Gasteiger partial charge is 0.153 e. The SMILES string of the molecule is Cc1c(CC(C)(C)C)oc2c1sc1c(-c3cc(C(C)C)c4ccccc4c3)nccc12. The fraction of sp³-hybridized carbons (Fsp3) is 0.321. The summed E-state index contributed by atoms with van der Waals surface area (Å²) in [5, 5.41) is 3.77. The predicted molar refractivity (Wildman–Crippen MR) is 134 cm³/mol. The van der Waals surface area contributed by atoms with Crippen LogP contribution in [-0.4, -0.2) is 4.98 Å². The second-order valence-electron chi connectivity index (χ2n) is 10.1. The molecule has 5 aromatic rings. The maximum atomic E-state index is 6.43. The van der Waals surface area contributed by atoms with Gasteiger partial charge in [-0.25, -0.2) is 0 Å². The topological polar surface area (TPSA) is 26.0 Å². The number of benzene rings is 2.